The van der Waals surface area contributed by atoms with E-state index in [2.05, 4.69) is 15.5 Å². The van der Waals surface area contributed by atoms with Crippen LogP contribution in [0.25, 0.3) is 0 Å². The summed E-state index contributed by atoms with van der Waals surface area (Å²) >= 11 is 0. The van der Waals surface area contributed by atoms with Gasteiger partial charge in [0.25, 0.3) is 0 Å². The Morgan fingerprint density at radius 1 is 1.30 bits per heavy atom. The average molecular weight is 294 g/mol. The van der Waals surface area contributed by atoms with Crippen LogP contribution >= 0.6 is 0 Å². The summed E-state index contributed by atoms with van der Waals surface area (Å²) in [4.78, 5) is 0.337. The van der Waals surface area contributed by atoms with Gasteiger partial charge < -0.3 is 9.88 Å². The Kier molecular flexibility index (Phi) is 4.39. The van der Waals surface area contributed by atoms with Crippen molar-refractivity contribution in [1.82, 2.24) is 14.8 Å². The maximum atomic E-state index is 12.2. The molecule has 0 fully saturated rings. The number of hydrogen-bond donors (Lipinski definition) is 1. The van der Waals surface area contributed by atoms with Crippen molar-refractivity contribution in [3.63, 3.8) is 0 Å². The van der Waals surface area contributed by atoms with Gasteiger partial charge in [0.1, 0.15) is 6.33 Å². The molecule has 0 saturated carbocycles. The third-order valence-electron chi connectivity index (χ3n) is 2.94. The fraction of sp³-hybridized carbons (Fsp3) is 0.385. The zero-order valence-corrected chi connectivity index (χ0v) is 12.4. The number of nitrogens with zero attached hydrogens (tertiary/aromatic N) is 3. The summed E-state index contributed by atoms with van der Waals surface area (Å²) < 4.78 is 26.2. The minimum absolute atomic E-state index is 0.148. The number of nitrogens with one attached hydrogen (secondary N) is 1. The van der Waals surface area contributed by atoms with Gasteiger partial charge in [-0.2, -0.15) is 0 Å². The average Bonchev–Trinajstić information content (AvgIpc) is 2.82. The van der Waals surface area contributed by atoms with E-state index in [1.165, 1.54) is 0 Å². The van der Waals surface area contributed by atoms with Crippen molar-refractivity contribution in [2.45, 2.75) is 24.8 Å². The van der Waals surface area contributed by atoms with Crippen LogP contribution in [0.2, 0.25) is 0 Å². The first-order chi connectivity index (χ1) is 9.54. The first kappa shape index (κ1) is 14.5. The summed E-state index contributed by atoms with van der Waals surface area (Å²) in [6.07, 6.45) is 2.21. The van der Waals surface area contributed by atoms with Gasteiger partial charge in [0.2, 0.25) is 0 Å². The first-order valence-corrected chi connectivity index (χ1v) is 8.08. The van der Waals surface area contributed by atoms with Crippen LogP contribution in [-0.4, -0.2) is 28.9 Å². The minimum atomic E-state index is -3.25. The van der Waals surface area contributed by atoms with E-state index in [4.69, 9.17) is 0 Å². The third kappa shape index (κ3) is 3.16. The van der Waals surface area contributed by atoms with Crippen molar-refractivity contribution in [2.75, 3.05) is 11.1 Å². The maximum absolute atomic E-state index is 12.2. The van der Waals surface area contributed by atoms with E-state index < -0.39 is 9.84 Å². The molecule has 0 unspecified atom stereocenters. The molecule has 1 aromatic heterocycles. The van der Waals surface area contributed by atoms with E-state index in [0.717, 1.165) is 5.82 Å². The molecule has 0 saturated heterocycles. The number of sulfone groups is 1. The van der Waals surface area contributed by atoms with Crippen molar-refractivity contribution in [3.05, 3.63) is 36.4 Å². The molecule has 0 bridgehead atoms. The summed E-state index contributed by atoms with van der Waals surface area (Å²) in [7, 11) is -1.40. The molecule has 0 atom stereocenters. The van der Waals surface area contributed by atoms with Crippen LogP contribution < -0.4 is 5.32 Å². The van der Waals surface area contributed by atoms with Gasteiger partial charge in [-0.3, -0.25) is 0 Å². The monoisotopic (exact) mass is 294 g/mol. The Bertz CT molecular complexity index is 679. The molecule has 20 heavy (non-hydrogen) atoms. The highest BCUT2D eigenvalue weighted by Crippen LogP contribution is 2.22. The molecule has 0 amide bonds. The van der Waals surface area contributed by atoms with Crippen LogP contribution in [0.1, 0.15) is 19.2 Å². The van der Waals surface area contributed by atoms with E-state index in [9.17, 15) is 8.42 Å². The zero-order chi connectivity index (χ0) is 14.6. The quantitative estimate of drug-likeness (QED) is 0.876. The maximum Gasteiger partial charge on any atom is 0.180 e. The largest absolute Gasteiger partial charge is 0.377 e. The molecule has 0 aliphatic rings. The van der Waals surface area contributed by atoms with Crippen molar-refractivity contribution < 1.29 is 8.42 Å². The lowest BCUT2D eigenvalue weighted by atomic mass is 10.3. The molecule has 7 heteroatoms. The van der Waals surface area contributed by atoms with E-state index in [1.54, 1.807) is 29.1 Å². The number of para-hydroxylation sites is 1. The second kappa shape index (κ2) is 6.04. The Balaban J connectivity index is 2.23. The van der Waals surface area contributed by atoms with Gasteiger partial charge in [-0.05, 0) is 18.6 Å². The molecule has 2 rings (SSSR count). The number of anilines is 1. The van der Waals surface area contributed by atoms with Crippen molar-refractivity contribution >= 4 is 15.5 Å². The van der Waals surface area contributed by atoms with Gasteiger partial charge in [-0.15, -0.1) is 10.2 Å². The fourth-order valence-corrected chi connectivity index (χ4v) is 3.42. The second-order valence-electron chi connectivity index (χ2n) is 4.53. The van der Waals surface area contributed by atoms with E-state index in [0.29, 0.717) is 23.5 Å². The van der Waals surface area contributed by atoms with Crippen molar-refractivity contribution in [2.24, 2.45) is 7.05 Å². The van der Waals surface area contributed by atoms with Crippen LogP contribution in [0.3, 0.4) is 0 Å². The summed E-state index contributed by atoms with van der Waals surface area (Å²) in [5.41, 5.74) is 0.601. The number of hydrogen-bond acceptors (Lipinski definition) is 5. The van der Waals surface area contributed by atoms with Gasteiger partial charge in [-0.1, -0.05) is 19.1 Å². The highest BCUT2D eigenvalue weighted by atomic mass is 32.2. The minimum Gasteiger partial charge on any atom is -0.377 e. The molecular formula is C13H18N4O2S. The SMILES string of the molecule is CCCS(=O)(=O)c1ccccc1NCc1nncn1C. The number of rotatable bonds is 6. The number of benzene rings is 1. The fourth-order valence-electron chi connectivity index (χ4n) is 1.90. The first-order valence-electron chi connectivity index (χ1n) is 6.43. The van der Waals surface area contributed by atoms with Crippen LogP contribution in [0.15, 0.2) is 35.5 Å². The summed E-state index contributed by atoms with van der Waals surface area (Å²) in [5.74, 6) is 0.892. The molecule has 2 aromatic rings. The van der Waals surface area contributed by atoms with Gasteiger partial charge in [0.05, 0.1) is 22.9 Å². The van der Waals surface area contributed by atoms with Crippen LogP contribution in [0.5, 0.6) is 0 Å². The number of aryl methyl sites for hydroxylation is 1. The molecule has 108 valence electrons. The Morgan fingerprint density at radius 2 is 2.05 bits per heavy atom. The smallest absolute Gasteiger partial charge is 0.180 e. The lowest BCUT2D eigenvalue weighted by Gasteiger charge is -2.11. The molecular weight excluding hydrogens is 276 g/mol. The third-order valence-corrected chi connectivity index (χ3v) is 4.91. The molecule has 0 spiro atoms. The lowest BCUT2D eigenvalue weighted by molar-refractivity contribution is 0.595. The Morgan fingerprint density at radius 3 is 2.70 bits per heavy atom. The summed E-state index contributed by atoms with van der Waals surface area (Å²) in [6, 6.07) is 6.93. The second-order valence-corrected chi connectivity index (χ2v) is 6.60. The van der Waals surface area contributed by atoms with Crippen LogP contribution in [-0.2, 0) is 23.4 Å². The topological polar surface area (TPSA) is 76.9 Å². The van der Waals surface area contributed by atoms with Gasteiger partial charge >= 0.3 is 0 Å². The molecule has 6 nitrogen and oxygen atoms in total. The van der Waals surface area contributed by atoms with E-state index in [-0.39, 0.29) is 5.75 Å². The predicted molar refractivity (Wildman–Crippen MR) is 77.1 cm³/mol. The highest BCUT2D eigenvalue weighted by Gasteiger charge is 2.17. The van der Waals surface area contributed by atoms with E-state index in [1.807, 2.05) is 20.0 Å². The Labute approximate surface area is 118 Å². The normalized spacial score (nSPS) is 11.5. The molecule has 0 aliphatic heterocycles. The van der Waals surface area contributed by atoms with Crippen molar-refractivity contribution in [1.29, 1.82) is 0 Å². The standard InChI is InChI=1S/C13H18N4O2S/c1-3-8-20(18,19)12-7-5-4-6-11(12)14-9-13-16-15-10-17(13)2/h4-7,10,14H,3,8-9H2,1-2H3. The van der Waals surface area contributed by atoms with E-state index >= 15 is 0 Å². The lowest BCUT2D eigenvalue weighted by Crippen LogP contribution is -2.11. The highest BCUT2D eigenvalue weighted by molar-refractivity contribution is 7.91. The van der Waals surface area contributed by atoms with Gasteiger partial charge in [-0.25, -0.2) is 8.42 Å². The predicted octanol–water partition coefficient (Wildman–Crippen LogP) is 1.61. The van der Waals surface area contributed by atoms with Gasteiger partial charge in [0.15, 0.2) is 15.7 Å². The zero-order valence-electron chi connectivity index (χ0n) is 11.6. The summed E-state index contributed by atoms with van der Waals surface area (Å²) in [6.45, 7) is 2.28. The molecule has 1 N–H and O–H groups in total. The summed E-state index contributed by atoms with van der Waals surface area (Å²) in [5, 5.41) is 10.9. The molecule has 1 aromatic carbocycles. The van der Waals surface area contributed by atoms with Crippen LogP contribution in [0, 0.1) is 0 Å². The molecule has 0 aliphatic carbocycles. The van der Waals surface area contributed by atoms with Gasteiger partial charge in [0, 0.05) is 7.05 Å². The molecule has 0 radical (unpaired) electrons. The Hall–Kier alpha value is -1.89. The van der Waals surface area contributed by atoms with Crippen molar-refractivity contribution in [3.8, 4) is 0 Å². The number of aromatic nitrogens is 3. The molecule has 1 heterocycles. The van der Waals surface area contributed by atoms with Crippen LogP contribution in [0.4, 0.5) is 5.69 Å².